The first-order valence-electron chi connectivity index (χ1n) is 11.8. The van der Waals surface area contributed by atoms with Gasteiger partial charge in [-0.05, 0) is 55.2 Å². The van der Waals surface area contributed by atoms with E-state index in [0.717, 1.165) is 36.1 Å². The predicted octanol–water partition coefficient (Wildman–Crippen LogP) is 3.86. The van der Waals surface area contributed by atoms with Gasteiger partial charge in [0.1, 0.15) is 5.75 Å². The number of carbonyl (C=O) groups is 1. The van der Waals surface area contributed by atoms with Gasteiger partial charge >= 0.3 is 0 Å². The number of aromatic hydroxyl groups is 1. The zero-order chi connectivity index (χ0) is 24.0. The highest BCUT2D eigenvalue weighted by molar-refractivity contribution is 5.76. The average Bonchev–Trinajstić information content (AvgIpc) is 3.09. The first-order chi connectivity index (χ1) is 15.6. The monoisotopic (exact) mass is 454 g/mol. The Bertz CT molecular complexity index is 945. The maximum absolute atomic E-state index is 12.3. The summed E-state index contributed by atoms with van der Waals surface area (Å²) in [6.45, 7) is 3.76. The van der Waals surface area contributed by atoms with E-state index in [2.05, 4.69) is 33.7 Å². The van der Waals surface area contributed by atoms with Crippen LogP contribution in [0.3, 0.4) is 0 Å². The minimum absolute atomic E-state index is 0.0233. The Kier molecular flexibility index (Phi) is 8.21. The second-order valence-electron chi connectivity index (χ2n) is 9.84. The van der Waals surface area contributed by atoms with E-state index in [9.17, 15) is 15.1 Å². The molecule has 2 aromatic rings. The summed E-state index contributed by atoms with van der Waals surface area (Å²) in [6.07, 6.45) is 2.80. The van der Waals surface area contributed by atoms with Crippen LogP contribution < -0.4 is 15.5 Å². The summed E-state index contributed by atoms with van der Waals surface area (Å²) in [7, 11) is 5.71. The lowest BCUT2D eigenvalue weighted by Gasteiger charge is -2.33. The maximum atomic E-state index is 12.3. The molecule has 1 saturated heterocycles. The standard InChI is InChI=1S/C26H38N4O3/c1-19(28-26(32)16-22-12-13-30(4,33)18-22)8-9-20-10-11-24(25(31)15-20)27-17-21-6-5-7-23(14-21)29(2)3/h5-7,10-11,14-15,19,22,27,31H,8-9,12-13,16-18H2,1-4H3,(H,28,32)/t19-,22?,30?/m0/s1. The van der Waals surface area contributed by atoms with Gasteiger partial charge in [-0.1, -0.05) is 18.2 Å². The molecule has 1 aliphatic heterocycles. The van der Waals surface area contributed by atoms with Gasteiger partial charge in [-0.15, -0.1) is 0 Å². The van der Waals surface area contributed by atoms with Crippen molar-refractivity contribution in [2.45, 2.75) is 45.2 Å². The molecule has 7 nitrogen and oxygen atoms in total. The molecule has 0 spiro atoms. The molecule has 33 heavy (non-hydrogen) atoms. The van der Waals surface area contributed by atoms with Crippen molar-refractivity contribution < 1.29 is 14.5 Å². The average molecular weight is 455 g/mol. The van der Waals surface area contributed by atoms with Crippen LogP contribution in [0.2, 0.25) is 0 Å². The second-order valence-corrected chi connectivity index (χ2v) is 9.84. The predicted molar refractivity (Wildman–Crippen MR) is 134 cm³/mol. The molecular weight excluding hydrogens is 416 g/mol. The van der Waals surface area contributed by atoms with Crippen molar-refractivity contribution in [2.75, 3.05) is 44.4 Å². The third kappa shape index (κ3) is 7.65. The van der Waals surface area contributed by atoms with Crippen LogP contribution in [0.25, 0.3) is 0 Å². The van der Waals surface area contributed by atoms with E-state index in [1.807, 2.05) is 39.2 Å². The van der Waals surface area contributed by atoms with Crippen LogP contribution in [-0.4, -0.2) is 55.9 Å². The molecule has 3 atom stereocenters. The highest BCUT2D eigenvalue weighted by Crippen LogP contribution is 2.26. The molecule has 0 bridgehead atoms. The van der Waals surface area contributed by atoms with E-state index in [4.69, 9.17) is 0 Å². The first-order valence-corrected chi connectivity index (χ1v) is 11.8. The summed E-state index contributed by atoms with van der Waals surface area (Å²) >= 11 is 0. The number of amides is 1. The molecule has 1 heterocycles. The normalized spacial score (nSPS) is 20.9. The van der Waals surface area contributed by atoms with Crippen LogP contribution >= 0.6 is 0 Å². The largest absolute Gasteiger partial charge is 0.633 e. The number of hydrogen-bond acceptors (Lipinski definition) is 5. The van der Waals surface area contributed by atoms with Gasteiger partial charge in [-0.25, -0.2) is 0 Å². The van der Waals surface area contributed by atoms with Gasteiger partial charge in [0, 0.05) is 51.1 Å². The van der Waals surface area contributed by atoms with E-state index in [0.29, 0.717) is 31.7 Å². The van der Waals surface area contributed by atoms with Crippen molar-refractivity contribution in [1.82, 2.24) is 5.32 Å². The fourth-order valence-corrected chi connectivity index (χ4v) is 4.43. The Labute approximate surface area is 197 Å². The maximum Gasteiger partial charge on any atom is 0.220 e. The number of carbonyl (C=O) groups excluding carboxylic acids is 1. The number of hydroxylamine groups is 3. The number of rotatable bonds is 10. The number of phenols is 1. The summed E-state index contributed by atoms with van der Waals surface area (Å²) in [5.74, 6) is 0.435. The van der Waals surface area contributed by atoms with Crippen LogP contribution in [-0.2, 0) is 17.8 Å². The lowest BCUT2D eigenvalue weighted by atomic mass is 10.0. The lowest BCUT2D eigenvalue weighted by molar-refractivity contribution is -0.849. The highest BCUT2D eigenvalue weighted by atomic mass is 16.5. The number of hydrogen-bond donors (Lipinski definition) is 3. The molecule has 3 rings (SSSR count). The highest BCUT2D eigenvalue weighted by Gasteiger charge is 2.29. The fraction of sp³-hybridized carbons (Fsp3) is 0.500. The summed E-state index contributed by atoms with van der Waals surface area (Å²) in [4.78, 5) is 14.4. The van der Waals surface area contributed by atoms with Crippen molar-refractivity contribution in [1.29, 1.82) is 0 Å². The number of anilines is 2. The topological polar surface area (TPSA) is 87.7 Å². The molecule has 0 radical (unpaired) electrons. The van der Waals surface area contributed by atoms with Crippen LogP contribution in [0.4, 0.5) is 11.4 Å². The quantitative estimate of drug-likeness (QED) is 0.288. The van der Waals surface area contributed by atoms with Crippen LogP contribution in [0.5, 0.6) is 5.75 Å². The smallest absolute Gasteiger partial charge is 0.220 e. The van der Waals surface area contributed by atoms with Gasteiger partial charge in [0.15, 0.2) is 0 Å². The van der Waals surface area contributed by atoms with E-state index in [1.54, 1.807) is 13.1 Å². The minimum atomic E-state index is -0.232. The van der Waals surface area contributed by atoms with Gasteiger partial charge in [-0.3, -0.25) is 4.79 Å². The van der Waals surface area contributed by atoms with E-state index >= 15 is 0 Å². The third-order valence-corrected chi connectivity index (χ3v) is 6.37. The van der Waals surface area contributed by atoms with Crippen LogP contribution in [0, 0.1) is 11.1 Å². The minimum Gasteiger partial charge on any atom is -0.633 e. The van der Waals surface area contributed by atoms with Crippen molar-refractivity contribution in [3.63, 3.8) is 0 Å². The number of benzene rings is 2. The fourth-order valence-electron chi connectivity index (χ4n) is 4.43. The Morgan fingerprint density at radius 1 is 1.24 bits per heavy atom. The zero-order valence-corrected chi connectivity index (χ0v) is 20.3. The number of nitrogens with zero attached hydrogens (tertiary/aromatic N) is 2. The Balaban J connectivity index is 1.44. The van der Waals surface area contributed by atoms with Crippen molar-refractivity contribution in [2.24, 2.45) is 5.92 Å². The molecule has 0 saturated carbocycles. The molecule has 7 heteroatoms. The van der Waals surface area contributed by atoms with E-state index in [-0.39, 0.29) is 28.3 Å². The van der Waals surface area contributed by atoms with E-state index < -0.39 is 0 Å². The summed E-state index contributed by atoms with van der Waals surface area (Å²) in [6, 6.07) is 14.0. The molecule has 1 fully saturated rings. The molecule has 2 unspecified atom stereocenters. The van der Waals surface area contributed by atoms with E-state index in [1.165, 1.54) is 0 Å². The summed E-state index contributed by atoms with van der Waals surface area (Å²) < 4.78 is -0.232. The molecule has 1 aliphatic rings. The Morgan fingerprint density at radius 2 is 2.03 bits per heavy atom. The Morgan fingerprint density at radius 3 is 2.70 bits per heavy atom. The van der Waals surface area contributed by atoms with Crippen LogP contribution in [0.1, 0.15) is 37.3 Å². The number of phenolic OH excluding ortho intramolecular Hbond substituents is 1. The van der Waals surface area contributed by atoms with Crippen molar-refractivity contribution in [3.8, 4) is 5.75 Å². The summed E-state index contributed by atoms with van der Waals surface area (Å²) in [5, 5.41) is 28.8. The van der Waals surface area contributed by atoms with Crippen molar-refractivity contribution >= 4 is 17.3 Å². The number of aryl methyl sites for hydroxylation is 1. The molecule has 2 aromatic carbocycles. The van der Waals surface area contributed by atoms with Gasteiger partial charge < -0.3 is 30.5 Å². The molecular formula is C26H38N4O3. The summed E-state index contributed by atoms with van der Waals surface area (Å²) in [5.41, 5.74) is 4.02. The number of likely N-dealkylation sites (tertiary alicyclic amines) is 1. The van der Waals surface area contributed by atoms with Gasteiger partial charge in [-0.2, -0.15) is 0 Å². The molecule has 180 valence electrons. The second kappa shape index (κ2) is 10.9. The van der Waals surface area contributed by atoms with Crippen molar-refractivity contribution in [3.05, 3.63) is 58.8 Å². The molecule has 0 aromatic heterocycles. The molecule has 1 amide bonds. The SMILES string of the molecule is C[C@@H](CCc1ccc(NCc2cccc(N(C)C)c2)c(O)c1)NC(=O)CC1CC[N+](C)([O-])C1. The van der Waals surface area contributed by atoms with Crippen LogP contribution in [0.15, 0.2) is 42.5 Å². The lowest BCUT2D eigenvalue weighted by Crippen LogP contribution is -2.36. The Hall–Kier alpha value is -2.77. The third-order valence-electron chi connectivity index (χ3n) is 6.37. The first kappa shape index (κ1) is 24.9. The molecule has 0 aliphatic carbocycles. The number of quaternary nitrogens is 1. The molecule has 3 N–H and O–H groups in total. The van der Waals surface area contributed by atoms with Gasteiger partial charge in [0.05, 0.1) is 25.8 Å². The van der Waals surface area contributed by atoms with Gasteiger partial charge in [0.25, 0.3) is 0 Å². The van der Waals surface area contributed by atoms with Gasteiger partial charge in [0.2, 0.25) is 5.91 Å². The number of nitrogens with one attached hydrogen (secondary N) is 2. The zero-order valence-electron chi connectivity index (χ0n) is 20.3.